The lowest BCUT2D eigenvalue weighted by Gasteiger charge is -2.18. The van der Waals surface area contributed by atoms with Crippen molar-refractivity contribution in [3.63, 3.8) is 0 Å². The molecule has 1 aromatic heterocycles. The zero-order valence-electron chi connectivity index (χ0n) is 11.5. The average molecular weight is 265 g/mol. The molecular weight excluding hydrogens is 246 g/mol. The van der Waals surface area contributed by atoms with E-state index in [2.05, 4.69) is 24.3 Å². The zero-order valence-corrected chi connectivity index (χ0v) is 11.5. The molecule has 2 rings (SSSR count). The number of aryl methyl sites for hydroxylation is 1. The smallest absolute Gasteiger partial charge is 0.231 e. The van der Waals surface area contributed by atoms with E-state index in [1.807, 2.05) is 0 Å². The van der Waals surface area contributed by atoms with Crippen molar-refractivity contribution in [3.8, 4) is 0 Å². The molecule has 6 heteroatoms. The first-order valence-corrected chi connectivity index (χ1v) is 6.47. The van der Waals surface area contributed by atoms with Crippen molar-refractivity contribution in [1.82, 2.24) is 10.1 Å². The Bertz CT molecular complexity index is 481. The van der Waals surface area contributed by atoms with Gasteiger partial charge in [-0.05, 0) is 12.8 Å². The van der Waals surface area contributed by atoms with Gasteiger partial charge in [0.15, 0.2) is 5.82 Å². The zero-order chi connectivity index (χ0) is 14.0. The number of carbonyl (C=O) groups is 2. The number of rotatable bonds is 4. The van der Waals surface area contributed by atoms with Crippen LogP contribution in [-0.2, 0) is 9.59 Å². The van der Waals surface area contributed by atoms with Gasteiger partial charge in [-0.3, -0.25) is 9.59 Å². The lowest BCUT2D eigenvalue weighted by molar-refractivity contribution is -0.128. The predicted molar refractivity (Wildman–Crippen MR) is 69.4 cm³/mol. The van der Waals surface area contributed by atoms with E-state index in [1.165, 1.54) is 0 Å². The molecular formula is C13H19N3O3. The van der Waals surface area contributed by atoms with Gasteiger partial charge < -0.3 is 14.7 Å². The Hall–Kier alpha value is -1.85. The molecule has 0 aliphatic carbocycles. The second-order valence-electron chi connectivity index (χ2n) is 5.41. The number of hydrogen-bond acceptors (Lipinski definition) is 4. The van der Waals surface area contributed by atoms with E-state index in [-0.39, 0.29) is 24.2 Å². The van der Waals surface area contributed by atoms with Crippen LogP contribution in [0.3, 0.4) is 0 Å². The summed E-state index contributed by atoms with van der Waals surface area (Å²) in [6.07, 6.45) is 0.273. The summed E-state index contributed by atoms with van der Waals surface area (Å²) in [5.41, 5.74) is 0. The van der Waals surface area contributed by atoms with Crippen LogP contribution in [-0.4, -0.2) is 35.0 Å². The summed E-state index contributed by atoms with van der Waals surface area (Å²) in [5.74, 6) is 1.02. The molecule has 0 radical (unpaired) electrons. The third kappa shape index (κ3) is 3.33. The van der Waals surface area contributed by atoms with Crippen molar-refractivity contribution in [1.29, 1.82) is 0 Å². The third-order valence-electron chi connectivity index (χ3n) is 3.05. The summed E-state index contributed by atoms with van der Waals surface area (Å²) in [4.78, 5) is 25.6. The molecule has 6 nitrogen and oxygen atoms in total. The van der Waals surface area contributed by atoms with Gasteiger partial charge in [-0.2, -0.15) is 0 Å². The van der Waals surface area contributed by atoms with E-state index >= 15 is 0 Å². The first-order chi connectivity index (χ1) is 8.95. The maximum Gasteiger partial charge on any atom is 0.231 e. The lowest BCUT2D eigenvalue weighted by Crippen LogP contribution is -2.31. The van der Waals surface area contributed by atoms with Crippen molar-refractivity contribution in [2.75, 3.05) is 18.4 Å². The van der Waals surface area contributed by atoms with Crippen LogP contribution < -0.4 is 5.32 Å². The molecule has 0 unspecified atom stereocenters. The van der Waals surface area contributed by atoms with E-state index in [0.29, 0.717) is 30.6 Å². The van der Waals surface area contributed by atoms with Crippen molar-refractivity contribution >= 4 is 17.6 Å². The van der Waals surface area contributed by atoms with E-state index in [4.69, 9.17) is 4.52 Å². The molecule has 1 aromatic rings. The molecule has 0 spiro atoms. The highest BCUT2D eigenvalue weighted by Gasteiger charge is 2.34. The predicted octanol–water partition coefficient (Wildman–Crippen LogP) is 1.43. The average Bonchev–Trinajstić information content (AvgIpc) is 2.86. The van der Waals surface area contributed by atoms with E-state index in [0.717, 1.165) is 0 Å². The number of nitrogens with zero attached hydrogens (tertiary/aromatic N) is 2. The summed E-state index contributed by atoms with van der Waals surface area (Å²) in [7, 11) is 0. The normalized spacial score (nSPS) is 19.3. The van der Waals surface area contributed by atoms with Gasteiger partial charge in [-0.1, -0.05) is 19.0 Å². The highest BCUT2D eigenvalue weighted by atomic mass is 16.5. The van der Waals surface area contributed by atoms with Gasteiger partial charge in [0.2, 0.25) is 11.8 Å². The molecule has 104 valence electrons. The molecule has 1 N–H and O–H groups in total. The molecule has 0 saturated carbocycles. The lowest BCUT2D eigenvalue weighted by atomic mass is 10.1. The molecule has 19 heavy (non-hydrogen) atoms. The number of hydrogen-bond donors (Lipinski definition) is 1. The molecule has 0 aromatic carbocycles. The van der Waals surface area contributed by atoms with Crippen LogP contribution in [0.4, 0.5) is 5.82 Å². The molecule has 1 aliphatic rings. The van der Waals surface area contributed by atoms with Gasteiger partial charge in [0.1, 0.15) is 5.76 Å². The Kier molecular flexibility index (Phi) is 3.87. The van der Waals surface area contributed by atoms with Gasteiger partial charge >= 0.3 is 0 Å². The van der Waals surface area contributed by atoms with Crippen LogP contribution in [0.15, 0.2) is 10.6 Å². The molecule has 2 amide bonds. The Balaban J connectivity index is 1.92. The van der Waals surface area contributed by atoms with Crippen LogP contribution >= 0.6 is 0 Å². The number of carbonyl (C=O) groups excluding carboxylic acids is 2. The van der Waals surface area contributed by atoms with Crippen LogP contribution in [0.1, 0.15) is 26.0 Å². The molecule has 1 atom stereocenters. The summed E-state index contributed by atoms with van der Waals surface area (Å²) in [5, 5.41) is 6.38. The largest absolute Gasteiger partial charge is 0.360 e. The summed E-state index contributed by atoms with van der Waals surface area (Å²) >= 11 is 0. The van der Waals surface area contributed by atoms with Crippen molar-refractivity contribution in [3.05, 3.63) is 11.8 Å². The fraction of sp³-hybridized carbons (Fsp3) is 0.615. The summed E-state index contributed by atoms with van der Waals surface area (Å²) in [6.45, 7) is 7.05. The molecule has 1 saturated heterocycles. The maximum atomic E-state index is 12.0. The maximum absolute atomic E-state index is 12.0. The quantitative estimate of drug-likeness (QED) is 0.893. The standard InChI is InChI=1S/C13H19N3O3/c1-8(2)6-16-7-10(5-12(16)17)13(18)14-11-4-9(3)19-15-11/h4,8,10H,5-7H2,1-3H3,(H,14,15,18)/t10-/m1/s1. The minimum atomic E-state index is -0.303. The molecule has 0 bridgehead atoms. The topological polar surface area (TPSA) is 75.4 Å². The van der Waals surface area contributed by atoms with Crippen LogP contribution in [0.2, 0.25) is 0 Å². The highest BCUT2D eigenvalue weighted by molar-refractivity contribution is 5.96. The monoisotopic (exact) mass is 265 g/mol. The van der Waals surface area contributed by atoms with Gasteiger partial charge in [0.25, 0.3) is 0 Å². The van der Waals surface area contributed by atoms with Crippen molar-refractivity contribution in [2.24, 2.45) is 11.8 Å². The summed E-state index contributed by atoms with van der Waals surface area (Å²) in [6, 6.07) is 1.65. The minimum Gasteiger partial charge on any atom is -0.360 e. The van der Waals surface area contributed by atoms with Crippen LogP contribution in [0.5, 0.6) is 0 Å². The fourth-order valence-electron chi connectivity index (χ4n) is 2.22. The Morgan fingerprint density at radius 3 is 2.95 bits per heavy atom. The van der Waals surface area contributed by atoms with E-state index in [9.17, 15) is 9.59 Å². The van der Waals surface area contributed by atoms with Crippen LogP contribution in [0, 0.1) is 18.8 Å². The minimum absolute atomic E-state index is 0.0465. The first-order valence-electron chi connectivity index (χ1n) is 6.47. The number of likely N-dealkylation sites (tertiary alicyclic amines) is 1. The van der Waals surface area contributed by atoms with E-state index in [1.54, 1.807) is 17.9 Å². The third-order valence-corrected chi connectivity index (χ3v) is 3.05. The first kappa shape index (κ1) is 13.6. The van der Waals surface area contributed by atoms with Gasteiger partial charge in [0, 0.05) is 25.6 Å². The molecule has 1 fully saturated rings. The molecule has 2 heterocycles. The van der Waals surface area contributed by atoms with Gasteiger partial charge in [-0.25, -0.2) is 0 Å². The molecule has 1 aliphatic heterocycles. The van der Waals surface area contributed by atoms with Crippen molar-refractivity contribution in [2.45, 2.75) is 27.2 Å². The second kappa shape index (κ2) is 5.42. The number of amides is 2. The highest BCUT2D eigenvalue weighted by Crippen LogP contribution is 2.20. The fourth-order valence-corrected chi connectivity index (χ4v) is 2.22. The Labute approximate surface area is 112 Å². The number of anilines is 1. The summed E-state index contributed by atoms with van der Waals surface area (Å²) < 4.78 is 4.88. The Morgan fingerprint density at radius 1 is 1.63 bits per heavy atom. The van der Waals surface area contributed by atoms with E-state index < -0.39 is 0 Å². The van der Waals surface area contributed by atoms with Crippen LogP contribution in [0.25, 0.3) is 0 Å². The SMILES string of the molecule is Cc1cc(NC(=O)[C@@H]2CC(=O)N(CC(C)C)C2)no1. The number of aromatic nitrogens is 1. The Morgan fingerprint density at radius 2 is 2.37 bits per heavy atom. The van der Waals surface area contributed by atoms with Crippen molar-refractivity contribution < 1.29 is 14.1 Å². The second-order valence-corrected chi connectivity index (χ2v) is 5.41. The van der Waals surface area contributed by atoms with Gasteiger partial charge in [0.05, 0.1) is 5.92 Å². The van der Waals surface area contributed by atoms with Gasteiger partial charge in [-0.15, -0.1) is 0 Å². The number of nitrogens with one attached hydrogen (secondary N) is 1.